The summed E-state index contributed by atoms with van der Waals surface area (Å²) in [6, 6.07) is 10.3. The maximum absolute atomic E-state index is 12.6. The Morgan fingerprint density at radius 2 is 2.00 bits per heavy atom. The second kappa shape index (κ2) is 6.15. The number of rotatable bonds is 6. The Bertz CT molecular complexity index is 876. The molecule has 0 aliphatic heterocycles. The van der Waals surface area contributed by atoms with Gasteiger partial charge in [-0.25, -0.2) is 8.42 Å². The number of hydrogen-bond donors (Lipinski definition) is 2. The molecule has 0 amide bonds. The zero-order valence-corrected chi connectivity index (χ0v) is 15.2. The lowest BCUT2D eigenvalue weighted by Crippen LogP contribution is -2.44. The van der Waals surface area contributed by atoms with Gasteiger partial charge in [-0.3, -0.25) is 4.79 Å². The van der Waals surface area contributed by atoms with Crippen molar-refractivity contribution in [2.45, 2.75) is 29.5 Å². The topological polar surface area (TPSA) is 83.5 Å². The van der Waals surface area contributed by atoms with E-state index in [4.69, 9.17) is 11.6 Å². The van der Waals surface area contributed by atoms with Crippen molar-refractivity contribution < 1.29 is 18.3 Å². The van der Waals surface area contributed by atoms with Crippen LogP contribution >= 0.6 is 22.9 Å². The molecule has 5 nitrogen and oxygen atoms in total. The average molecular weight is 386 g/mol. The quantitative estimate of drug-likeness (QED) is 0.795. The molecule has 1 fully saturated rings. The minimum atomic E-state index is -3.88. The molecule has 0 saturated heterocycles. The van der Waals surface area contributed by atoms with Crippen LogP contribution in [0.3, 0.4) is 0 Å². The molecule has 1 saturated carbocycles. The maximum atomic E-state index is 12.6. The van der Waals surface area contributed by atoms with Gasteiger partial charge in [0.05, 0.1) is 0 Å². The predicted molar refractivity (Wildman–Crippen MR) is 93.9 cm³/mol. The minimum absolute atomic E-state index is 0.106. The van der Waals surface area contributed by atoms with Gasteiger partial charge in [-0.1, -0.05) is 37.1 Å². The van der Waals surface area contributed by atoms with Crippen molar-refractivity contribution in [1.82, 2.24) is 4.72 Å². The van der Waals surface area contributed by atoms with Gasteiger partial charge in [-0.2, -0.15) is 4.72 Å². The lowest BCUT2D eigenvalue weighted by molar-refractivity contribution is -0.140. The second-order valence-corrected chi connectivity index (χ2v) is 9.25. The third-order valence-corrected chi connectivity index (χ3v) is 7.66. The number of sulfonamides is 1. The standard InChI is InChI=1S/C16H16ClNO4S2/c1-2-11-9-16(11,15(19)20)18-24(21,22)14-8-7-13(23-14)10-3-5-12(17)6-4-10/h3-8,11,18H,2,9H2,1H3,(H,19,20). The Balaban J connectivity index is 1.86. The summed E-state index contributed by atoms with van der Waals surface area (Å²) >= 11 is 6.96. The molecule has 1 aliphatic carbocycles. The molecule has 24 heavy (non-hydrogen) atoms. The number of hydrogen-bond acceptors (Lipinski definition) is 4. The van der Waals surface area contributed by atoms with Gasteiger partial charge in [-0.15, -0.1) is 11.3 Å². The number of carboxylic acids is 1. The second-order valence-electron chi connectivity index (χ2n) is 5.82. The summed E-state index contributed by atoms with van der Waals surface area (Å²) in [4.78, 5) is 12.3. The summed E-state index contributed by atoms with van der Waals surface area (Å²) in [5.74, 6) is -1.28. The average Bonchev–Trinajstić information content (AvgIpc) is 3.01. The van der Waals surface area contributed by atoms with Crippen molar-refractivity contribution in [2.24, 2.45) is 5.92 Å². The van der Waals surface area contributed by atoms with Gasteiger partial charge >= 0.3 is 5.97 Å². The number of thiophene rings is 1. The predicted octanol–water partition coefficient (Wildman–Crippen LogP) is 3.60. The minimum Gasteiger partial charge on any atom is -0.480 e. The van der Waals surface area contributed by atoms with E-state index >= 15 is 0 Å². The highest BCUT2D eigenvalue weighted by atomic mass is 35.5. The zero-order valence-electron chi connectivity index (χ0n) is 12.8. The van der Waals surface area contributed by atoms with E-state index in [1.807, 2.05) is 19.1 Å². The smallest absolute Gasteiger partial charge is 0.325 e. The van der Waals surface area contributed by atoms with E-state index in [2.05, 4.69) is 4.72 Å². The van der Waals surface area contributed by atoms with E-state index in [1.54, 1.807) is 18.2 Å². The van der Waals surface area contributed by atoms with Gasteiger partial charge in [0.15, 0.2) is 0 Å². The molecular formula is C16H16ClNO4S2. The fourth-order valence-electron chi connectivity index (χ4n) is 2.78. The van der Waals surface area contributed by atoms with E-state index < -0.39 is 21.5 Å². The lowest BCUT2D eigenvalue weighted by Gasteiger charge is -2.13. The molecule has 1 aliphatic rings. The van der Waals surface area contributed by atoms with Crippen molar-refractivity contribution >= 4 is 38.9 Å². The first-order valence-electron chi connectivity index (χ1n) is 7.41. The van der Waals surface area contributed by atoms with Gasteiger partial charge < -0.3 is 5.11 Å². The molecule has 1 aromatic carbocycles. The Morgan fingerprint density at radius 1 is 1.33 bits per heavy atom. The molecule has 1 aromatic heterocycles. The highest BCUT2D eigenvalue weighted by Crippen LogP contribution is 2.47. The monoisotopic (exact) mass is 385 g/mol. The first-order valence-corrected chi connectivity index (χ1v) is 10.1. The van der Waals surface area contributed by atoms with E-state index in [0.29, 0.717) is 17.9 Å². The van der Waals surface area contributed by atoms with Crippen LogP contribution in [0.5, 0.6) is 0 Å². The van der Waals surface area contributed by atoms with Gasteiger partial charge in [-0.05, 0) is 42.2 Å². The number of halogens is 1. The van der Waals surface area contributed by atoms with Crippen molar-refractivity contribution in [3.8, 4) is 10.4 Å². The van der Waals surface area contributed by atoms with Gasteiger partial charge in [0.1, 0.15) is 9.75 Å². The van der Waals surface area contributed by atoms with Crippen molar-refractivity contribution in [3.05, 3.63) is 41.4 Å². The molecule has 0 spiro atoms. The van der Waals surface area contributed by atoms with Crippen molar-refractivity contribution in [2.75, 3.05) is 0 Å². The Hall–Kier alpha value is -1.41. The molecule has 0 radical (unpaired) electrons. The highest BCUT2D eigenvalue weighted by Gasteiger charge is 2.61. The van der Waals surface area contributed by atoms with Crippen molar-refractivity contribution in [1.29, 1.82) is 0 Å². The molecule has 128 valence electrons. The van der Waals surface area contributed by atoms with Crippen LogP contribution in [0, 0.1) is 5.92 Å². The SMILES string of the molecule is CCC1CC1(NS(=O)(=O)c1ccc(-c2ccc(Cl)cc2)s1)C(=O)O. The number of nitrogens with one attached hydrogen (secondary N) is 1. The van der Waals surface area contributed by atoms with Crippen molar-refractivity contribution in [3.63, 3.8) is 0 Å². The number of carbonyl (C=O) groups is 1. The largest absolute Gasteiger partial charge is 0.480 e. The van der Waals surface area contributed by atoms with Crippen LogP contribution in [0.15, 0.2) is 40.6 Å². The van der Waals surface area contributed by atoms with Gasteiger partial charge in [0.25, 0.3) is 10.0 Å². The molecule has 2 atom stereocenters. The first kappa shape index (κ1) is 17.4. The summed E-state index contributed by atoms with van der Waals surface area (Å²) in [7, 11) is -3.88. The van der Waals surface area contributed by atoms with Crippen LogP contribution < -0.4 is 4.72 Å². The molecule has 2 unspecified atom stereocenters. The van der Waals surface area contributed by atoms with E-state index in [0.717, 1.165) is 21.8 Å². The normalized spacial score (nSPS) is 23.2. The summed E-state index contributed by atoms with van der Waals surface area (Å²) in [5.41, 5.74) is -0.505. The lowest BCUT2D eigenvalue weighted by atomic mass is 10.2. The van der Waals surface area contributed by atoms with Gasteiger partial charge in [0.2, 0.25) is 0 Å². The molecule has 0 bridgehead atoms. The van der Waals surface area contributed by atoms with Gasteiger partial charge in [0, 0.05) is 9.90 Å². The number of aliphatic carboxylic acids is 1. The van der Waals surface area contributed by atoms with Crippen LogP contribution in [0.1, 0.15) is 19.8 Å². The van der Waals surface area contributed by atoms with Crippen LogP contribution in [-0.2, 0) is 14.8 Å². The molecule has 2 N–H and O–H groups in total. The fourth-order valence-corrected chi connectivity index (χ4v) is 5.64. The third-order valence-electron chi connectivity index (χ3n) is 4.27. The Morgan fingerprint density at radius 3 is 2.54 bits per heavy atom. The Kier molecular flexibility index (Phi) is 4.46. The molecule has 8 heteroatoms. The van der Waals surface area contributed by atoms with E-state index in [9.17, 15) is 18.3 Å². The first-order chi connectivity index (χ1) is 11.3. The zero-order chi connectivity index (χ0) is 17.5. The molecule has 3 rings (SSSR count). The summed E-state index contributed by atoms with van der Waals surface area (Å²) in [6.45, 7) is 1.85. The number of benzene rings is 1. The fraction of sp³-hybridized carbons (Fsp3) is 0.312. The van der Waals surface area contributed by atoms with Crippen LogP contribution in [0.25, 0.3) is 10.4 Å². The van der Waals surface area contributed by atoms with E-state index in [-0.39, 0.29) is 10.1 Å². The number of carboxylic acid groups (broad SMARTS) is 1. The van der Waals surface area contributed by atoms with E-state index in [1.165, 1.54) is 6.07 Å². The summed E-state index contributed by atoms with van der Waals surface area (Å²) in [5, 5.41) is 9.99. The Labute approximate surface area is 149 Å². The molecule has 1 heterocycles. The maximum Gasteiger partial charge on any atom is 0.325 e. The summed E-state index contributed by atoms with van der Waals surface area (Å²) < 4.78 is 27.6. The highest BCUT2D eigenvalue weighted by molar-refractivity contribution is 7.91. The van der Waals surface area contributed by atoms with Crippen LogP contribution in [0.2, 0.25) is 5.02 Å². The van der Waals surface area contributed by atoms with Crippen LogP contribution in [-0.4, -0.2) is 25.0 Å². The third kappa shape index (κ3) is 3.09. The summed E-state index contributed by atoms with van der Waals surface area (Å²) in [6.07, 6.45) is 0.947. The molecule has 2 aromatic rings. The van der Waals surface area contributed by atoms with Crippen LogP contribution in [0.4, 0.5) is 0 Å². The molecular weight excluding hydrogens is 370 g/mol.